The van der Waals surface area contributed by atoms with E-state index in [9.17, 15) is 14.9 Å². The fourth-order valence-electron chi connectivity index (χ4n) is 5.74. The molecule has 0 bridgehead atoms. The maximum Gasteiger partial charge on any atom is 0.408 e. The van der Waals surface area contributed by atoms with Gasteiger partial charge in [0.25, 0.3) is 0 Å². The number of H-pyrrole nitrogens is 1. The van der Waals surface area contributed by atoms with Gasteiger partial charge in [0, 0.05) is 0 Å². The van der Waals surface area contributed by atoms with E-state index >= 15 is 0 Å². The number of rotatable bonds is 8. The van der Waals surface area contributed by atoms with Gasteiger partial charge in [-0.1, -0.05) is 19.3 Å². The number of alkyl carbamates (subject to hydrolysis) is 1. The van der Waals surface area contributed by atoms with Gasteiger partial charge in [-0.05, 0) is 59.6 Å². The Hall–Kier alpha value is -3.47. The summed E-state index contributed by atoms with van der Waals surface area (Å²) < 4.78 is 29.6. The second-order valence-electron chi connectivity index (χ2n) is 12.3. The number of aromatic nitrogens is 1. The van der Waals surface area contributed by atoms with Crippen LogP contribution in [0.2, 0.25) is 0 Å². The van der Waals surface area contributed by atoms with Gasteiger partial charge in [-0.3, -0.25) is 10.2 Å². The summed E-state index contributed by atoms with van der Waals surface area (Å²) in [6, 6.07) is 5.50. The van der Waals surface area contributed by atoms with Crippen LogP contribution in [0.4, 0.5) is 4.79 Å². The lowest BCUT2D eigenvalue weighted by atomic mass is 9.79. The molecule has 5 N–H and O–H groups in total. The van der Waals surface area contributed by atoms with Crippen molar-refractivity contribution in [2.45, 2.75) is 114 Å². The zero-order chi connectivity index (χ0) is 30.1. The number of nitrogens with one attached hydrogen (secondary N) is 3. The fourth-order valence-corrected chi connectivity index (χ4v) is 5.74. The van der Waals surface area contributed by atoms with Gasteiger partial charge in [-0.2, -0.15) is 5.26 Å². The molecule has 4 atom stereocenters. The molecule has 0 unspecified atom stereocenters. The smallest absolute Gasteiger partial charge is 0.408 e. The van der Waals surface area contributed by atoms with E-state index in [4.69, 9.17) is 34.8 Å². The number of aromatic amines is 1. The first-order valence-electron chi connectivity index (χ1n) is 13.9. The van der Waals surface area contributed by atoms with E-state index in [0.29, 0.717) is 24.2 Å². The summed E-state index contributed by atoms with van der Waals surface area (Å²) in [5.41, 5.74) is 3.64. The second-order valence-corrected chi connectivity index (χ2v) is 12.3. The van der Waals surface area contributed by atoms with Gasteiger partial charge in [0.1, 0.15) is 48.8 Å². The Morgan fingerprint density at radius 1 is 1.24 bits per heavy atom. The molecule has 3 heterocycles. The van der Waals surface area contributed by atoms with Crippen LogP contribution in [-0.2, 0) is 34.1 Å². The summed E-state index contributed by atoms with van der Waals surface area (Å²) >= 11 is 0. The predicted molar refractivity (Wildman–Crippen MR) is 147 cm³/mol. The Bertz CT molecular complexity index is 1220. The Balaban J connectivity index is 1.49. The number of nitriles is 1. The first-order chi connectivity index (χ1) is 19.2. The number of nitrogens with two attached hydrogens (primary N) is 1. The largest absolute Gasteiger partial charge is 0.463 e. The molecule has 0 spiro atoms. The average molecular weight is 573 g/mol. The molecular formula is C28H40N6O7. The van der Waals surface area contributed by atoms with Crippen LogP contribution in [0, 0.1) is 16.7 Å². The minimum atomic E-state index is -1.61. The highest BCUT2D eigenvalue weighted by Gasteiger charge is 2.65. The minimum absolute atomic E-state index is 0.0229. The highest BCUT2D eigenvalue weighted by Crippen LogP contribution is 2.48. The summed E-state index contributed by atoms with van der Waals surface area (Å²) in [6.45, 7) is 8.64. The third kappa shape index (κ3) is 6.72. The standard InChI is InChI=1S/C28H40N6O7/c1-25(2,3)41-24(36)34-27(11-7-6-8-12-27)13-20(35)37-14-18-21-22(40-26(4,5)39-21)28(15-29,38-18)19-10-9-17(33-19)23(31)32-16-30/h9-10,16,18,21-22,33H,6-8,11-14H2,1-5H3,(H,34,36)(H3,30,31,32)/t18-,21-,22-,28+/m1/s1. The molecule has 4 rings (SSSR count). The average Bonchev–Trinajstić information content (AvgIpc) is 3.55. The highest BCUT2D eigenvalue weighted by molar-refractivity contribution is 5.99. The Morgan fingerprint density at radius 2 is 1.95 bits per heavy atom. The number of carbonyl (C=O) groups excluding carboxylic acids is 2. The molecule has 13 nitrogen and oxygen atoms in total. The van der Waals surface area contributed by atoms with Gasteiger partial charge in [0.05, 0.1) is 23.3 Å². The molecule has 224 valence electrons. The lowest BCUT2D eigenvalue weighted by Crippen LogP contribution is -2.52. The van der Waals surface area contributed by atoms with Crippen LogP contribution in [0.5, 0.6) is 0 Å². The van der Waals surface area contributed by atoms with Crippen LogP contribution in [0.15, 0.2) is 17.1 Å². The number of aliphatic imine (C=N–C) groups is 1. The quantitative estimate of drug-likeness (QED) is 0.206. The summed E-state index contributed by atoms with van der Waals surface area (Å²) in [5.74, 6) is -1.45. The predicted octanol–water partition coefficient (Wildman–Crippen LogP) is 3.13. The molecule has 1 aliphatic carbocycles. The van der Waals surface area contributed by atoms with Crippen LogP contribution in [0.25, 0.3) is 0 Å². The number of esters is 1. The molecule has 1 saturated carbocycles. The van der Waals surface area contributed by atoms with Gasteiger partial charge in [-0.25, -0.2) is 9.79 Å². The van der Waals surface area contributed by atoms with Crippen LogP contribution in [-0.4, -0.2) is 71.1 Å². The van der Waals surface area contributed by atoms with Gasteiger partial charge in [0.2, 0.25) is 5.60 Å². The fraction of sp³-hybridized carbons (Fsp3) is 0.679. The third-order valence-corrected chi connectivity index (χ3v) is 7.43. The molecule has 1 aromatic heterocycles. The Morgan fingerprint density at radius 3 is 2.59 bits per heavy atom. The molecule has 0 radical (unpaired) electrons. The molecule has 2 aliphatic heterocycles. The van der Waals surface area contributed by atoms with Crippen molar-refractivity contribution in [2.75, 3.05) is 6.61 Å². The first kappa shape index (κ1) is 30.5. The minimum Gasteiger partial charge on any atom is -0.463 e. The molecule has 13 heteroatoms. The molecule has 41 heavy (non-hydrogen) atoms. The SMILES string of the molecule is CC(C)(C)OC(=O)NC1(CC(=O)OC[C@H]2O[C@@](C#N)(c3ccc(C(N)=NC=N)[nH]3)[C@@H]3OC(C)(C)O[C@@H]32)CCCCC1. The summed E-state index contributed by atoms with van der Waals surface area (Å²) in [6.07, 6.45) is 1.90. The molecule has 1 aromatic rings. The van der Waals surface area contributed by atoms with E-state index in [1.807, 2.05) is 0 Å². The van der Waals surface area contributed by atoms with E-state index in [1.54, 1.807) is 46.8 Å². The maximum absolute atomic E-state index is 13.1. The summed E-state index contributed by atoms with van der Waals surface area (Å²) in [7, 11) is 0. The number of fused-ring (bicyclic) bond motifs is 1. The zero-order valence-corrected chi connectivity index (χ0v) is 24.2. The molecule has 3 aliphatic rings. The van der Waals surface area contributed by atoms with E-state index in [1.165, 1.54) is 0 Å². The van der Waals surface area contributed by atoms with E-state index < -0.39 is 52.9 Å². The number of amides is 1. The van der Waals surface area contributed by atoms with Crippen LogP contribution in [0.1, 0.15) is 84.5 Å². The van der Waals surface area contributed by atoms with Crippen molar-refractivity contribution < 1.29 is 33.3 Å². The number of amidine groups is 1. The van der Waals surface area contributed by atoms with Crippen molar-refractivity contribution in [1.29, 1.82) is 10.7 Å². The Labute approximate surface area is 239 Å². The molecular weight excluding hydrogens is 532 g/mol. The Kier molecular flexibility index (Phi) is 8.50. The maximum atomic E-state index is 13.1. The first-order valence-corrected chi connectivity index (χ1v) is 13.9. The van der Waals surface area contributed by atoms with Gasteiger partial charge in [0.15, 0.2) is 5.79 Å². The monoisotopic (exact) mass is 572 g/mol. The number of ether oxygens (including phenoxy) is 5. The third-order valence-electron chi connectivity index (χ3n) is 7.43. The van der Waals surface area contributed by atoms with Crippen molar-refractivity contribution in [2.24, 2.45) is 10.7 Å². The van der Waals surface area contributed by atoms with Crippen molar-refractivity contribution in [3.8, 4) is 6.07 Å². The van der Waals surface area contributed by atoms with Crippen LogP contribution in [0.3, 0.4) is 0 Å². The molecule has 2 saturated heterocycles. The summed E-state index contributed by atoms with van der Waals surface area (Å²) in [5, 5.41) is 20.5. The lowest BCUT2D eigenvalue weighted by Gasteiger charge is -2.37. The zero-order valence-electron chi connectivity index (χ0n) is 24.2. The van der Waals surface area contributed by atoms with Gasteiger partial charge < -0.3 is 39.7 Å². The van der Waals surface area contributed by atoms with E-state index in [2.05, 4.69) is 21.4 Å². The van der Waals surface area contributed by atoms with Crippen molar-refractivity contribution >= 4 is 24.2 Å². The van der Waals surface area contributed by atoms with E-state index in [-0.39, 0.29) is 18.9 Å². The van der Waals surface area contributed by atoms with Crippen LogP contribution >= 0.6 is 0 Å². The van der Waals surface area contributed by atoms with Crippen molar-refractivity contribution in [1.82, 2.24) is 10.3 Å². The van der Waals surface area contributed by atoms with Crippen LogP contribution < -0.4 is 11.1 Å². The number of nitrogens with zero attached hydrogens (tertiary/aromatic N) is 2. The lowest BCUT2D eigenvalue weighted by molar-refractivity contribution is -0.206. The number of carbonyl (C=O) groups is 2. The molecule has 1 amide bonds. The van der Waals surface area contributed by atoms with Crippen molar-refractivity contribution in [3.05, 3.63) is 23.5 Å². The number of hydrogen-bond acceptors (Lipinski definition) is 9. The second kappa shape index (κ2) is 11.4. The summed E-state index contributed by atoms with van der Waals surface area (Å²) in [4.78, 5) is 32.5. The number of hydrogen-bond donors (Lipinski definition) is 4. The van der Waals surface area contributed by atoms with Gasteiger partial charge >= 0.3 is 12.1 Å². The van der Waals surface area contributed by atoms with E-state index in [0.717, 1.165) is 25.6 Å². The van der Waals surface area contributed by atoms with Gasteiger partial charge in [-0.15, -0.1) is 0 Å². The topological polar surface area (TPSA) is 194 Å². The molecule has 3 fully saturated rings. The normalized spacial score (nSPS) is 28.8. The highest BCUT2D eigenvalue weighted by atomic mass is 16.8. The van der Waals surface area contributed by atoms with Crippen molar-refractivity contribution in [3.63, 3.8) is 0 Å². The molecule has 0 aromatic carbocycles.